The summed E-state index contributed by atoms with van der Waals surface area (Å²) in [6.07, 6.45) is 3.60. The van der Waals surface area contributed by atoms with Gasteiger partial charge >= 0.3 is 0 Å². The van der Waals surface area contributed by atoms with Gasteiger partial charge in [0.05, 0.1) is 6.61 Å². The van der Waals surface area contributed by atoms with Crippen LogP contribution in [0.1, 0.15) is 25.5 Å². The van der Waals surface area contributed by atoms with Crippen LogP contribution in [-0.4, -0.2) is 53.9 Å². The van der Waals surface area contributed by atoms with Crippen molar-refractivity contribution >= 4 is 5.91 Å². The number of piperidine rings is 1. The predicted octanol–water partition coefficient (Wildman–Crippen LogP) is 0.773. The number of H-pyrrole nitrogens is 1. The minimum atomic E-state index is 0.0792. The van der Waals surface area contributed by atoms with Gasteiger partial charge in [0.15, 0.2) is 0 Å². The number of nitrogens with one attached hydrogen (secondary N) is 2. The van der Waals surface area contributed by atoms with Crippen molar-refractivity contribution in [2.24, 2.45) is 5.92 Å². The smallest absolute Gasteiger partial charge is 0.223 e. The molecule has 1 aromatic rings. The monoisotopic (exact) mass is 280 g/mol. The van der Waals surface area contributed by atoms with Crippen LogP contribution in [0.4, 0.5) is 0 Å². The maximum absolute atomic E-state index is 12.1. The molecule has 0 saturated carbocycles. The number of carbonyl (C=O) groups is 1. The SMILES string of the molecule is COC[C@@H](C)NC(=O)C1CCN(Cc2ccn[nH]2)CC1. The second-order valence-corrected chi connectivity index (χ2v) is 5.50. The molecule has 0 aliphatic carbocycles. The Balaban J connectivity index is 1.72. The van der Waals surface area contributed by atoms with E-state index in [0.717, 1.165) is 38.2 Å². The highest BCUT2D eigenvalue weighted by atomic mass is 16.5. The summed E-state index contributed by atoms with van der Waals surface area (Å²) in [7, 11) is 1.65. The molecule has 0 radical (unpaired) electrons. The van der Waals surface area contributed by atoms with Crippen LogP contribution >= 0.6 is 0 Å². The molecule has 0 bridgehead atoms. The first-order chi connectivity index (χ1) is 9.69. The van der Waals surface area contributed by atoms with Crippen LogP contribution in [0.2, 0.25) is 0 Å². The van der Waals surface area contributed by atoms with Crippen LogP contribution in [0.25, 0.3) is 0 Å². The summed E-state index contributed by atoms with van der Waals surface area (Å²) >= 11 is 0. The van der Waals surface area contributed by atoms with E-state index in [1.807, 2.05) is 13.0 Å². The van der Waals surface area contributed by atoms with E-state index >= 15 is 0 Å². The van der Waals surface area contributed by atoms with Crippen LogP contribution in [0.3, 0.4) is 0 Å². The Morgan fingerprint density at radius 1 is 1.60 bits per heavy atom. The molecule has 0 unspecified atom stereocenters. The van der Waals surface area contributed by atoms with Crippen LogP contribution < -0.4 is 5.32 Å². The third-order valence-corrected chi connectivity index (χ3v) is 3.72. The average molecular weight is 280 g/mol. The molecule has 1 fully saturated rings. The highest BCUT2D eigenvalue weighted by molar-refractivity contribution is 5.79. The molecule has 6 heteroatoms. The minimum absolute atomic E-state index is 0.0792. The minimum Gasteiger partial charge on any atom is -0.383 e. The molecule has 1 aromatic heterocycles. The van der Waals surface area contributed by atoms with Crippen LogP contribution in [0.5, 0.6) is 0 Å². The molecule has 1 amide bonds. The maximum Gasteiger partial charge on any atom is 0.223 e. The van der Waals surface area contributed by atoms with Crippen molar-refractivity contribution in [2.75, 3.05) is 26.8 Å². The van der Waals surface area contributed by atoms with E-state index in [-0.39, 0.29) is 17.9 Å². The molecule has 112 valence electrons. The van der Waals surface area contributed by atoms with Crippen molar-refractivity contribution in [3.8, 4) is 0 Å². The van der Waals surface area contributed by atoms with Gasteiger partial charge in [-0.1, -0.05) is 0 Å². The predicted molar refractivity (Wildman–Crippen MR) is 76.1 cm³/mol. The average Bonchev–Trinajstić information content (AvgIpc) is 2.92. The molecular weight excluding hydrogens is 256 g/mol. The Bertz CT molecular complexity index is 399. The van der Waals surface area contributed by atoms with Crippen molar-refractivity contribution in [3.63, 3.8) is 0 Å². The molecule has 1 saturated heterocycles. The van der Waals surface area contributed by atoms with Gasteiger partial charge in [0.1, 0.15) is 0 Å². The fourth-order valence-electron chi connectivity index (χ4n) is 2.62. The number of methoxy groups -OCH3 is 1. The molecule has 2 rings (SSSR count). The van der Waals surface area contributed by atoms with Gasteiger partial charge in [-0.05, 0) is 38.9 Å². The number of ether oxygens (including phenoxy) is 1. The number of carbonyl (C=O) groups excluding carboxylic acids is 1. The van der Waals surface area contributed by atoms with E-state index in [4.69, 9.17) is 4.74 Å². The molecule has 1 aliphatic heterocycles. The summed E-state index contributed by atoms with van der Waals surface area (Å²) in [4.78, 5) is 14.5. The molecule has 20 heavy (non-hydrogen) atoms. The molecule has 6 nitrogen and oxygen atoms in total. The summed E-state index contributed by atoms with van der Waals surface area (Å²) in [5.74, 6) is 0.295. The first kappa shape index (κ1) is 15.0. The quantitative estimate of drug-likeness (QED) is 0.807. The fraction of sp³-hybridized carbons (Fsp3) is 0.714. The molecule has 2 heterocycles. The van der Waals surface area contributed by atoms with E-state index in [1.54, 1.807) is 13.3 Å². The van der Waals surface area contributed by atoms with Gasteiger partial charge in [-0.25, -0.2) is 0 Å². The standard InChI is InChI=1S/C14H24N4O2/c1-11(10-20-2)16-14(19)12-4-7-18(8-5-12)9-13-3-6-15-17-13/h3,6,11-12H,4-5,7-10H2,1-2H3,(H,15,17)(H,16,19)/t11-/m1/s1. The van der Waals surface area contributed by atoms with Gasteiger partial charge in [0, 0.05) is 37.5 Å². The van der Waals surface area contributed by atoms with E-state index in [2.05, 4.69) is 20.4 Å². The fourth-order valence-corrected chi connectivity index (χ4v) is 2.62. The van der Waals surface area contributed by atoms with Gasteiger partial charge in [-0.3, -0.25) is 14.8 Å². The van der Waals surface area contributed by atoms with Crippen molar-refractivity contribution in [2.45, 2.75) is 32.4 Å². The van der Waals surface area contributed by atoms with Gasteiger partial charge in [-0.15, -0.1) is 0 Å². The lowest BCUT2D eigenvalue weighted by atomic mass is 9.95. The molecule has 0 spiro atoms. The summed E-state index contributed by atoms with van der Waals surface area (Å²) in [6.45, 7) is 5.32. The molecular formula is C14H24N4O2. The topological polar surface area (TPSA) is 70.2 Å². The van der Waals surface area contributed by atoms with E-state index in [9.17, 15) is 4.79 Å². The number of hydrogen-bond donors (Lipinski definition) is 2. The zero-order valence-electron chi connectivity index (χ0n) is 12.3. The second kappa shape index (κ2) is 7.40. The number of rotatable bonds is 6. The van der Waals surface area contributed by atoms with Gasteiger partial charge < -0.3 is 10.1 Å². The van der Waals surface area contributed by atoms with E-state index in [1.165, 1.54) is 0 Å². The second-order valence-electron chi connectivity index (χ2n) is 5.50. The van der Waals surface area contributed by atoms with E-state index in [0.29, 0.717) is 6.61 Å². The number of hydrogen-bond acceptors (Lipinski definition) is 4. The summed E-state index contributed by atoms with van der Waals surface area (Å²) < 4.78 is 5.04. The first-order valence-electron chi connectivity index (χ1n) is 7.19. The lowest BCUT2D eigenvalue weighted by molar-refractivity contribution is -0.127. The number of amides is 1. The highest BCUT2D eigenvalue weighted by Crippen LogP contribution is 2.18. The largest absolute Gasteiger partial charge is 0.383 e. The van der Waals surface area contributed by atoms with E-state index < -0.39 is 0 Å². The lowest BCUT2D eigenvalue weighted by Gasteiger charge is -2.31. The van der Waals surface area contributed by atoms with Crippen LogP contribution in [-0.2, 0) is 16.1 Å². The number of nitrogens with zero attached hydrogens (tertiary/aromatic N) is 2. The third-order valence-electron chi connectivity index (χ3n) is 3.72. The molecule has 1 atom stereocenters. The number of aromatic nitrogens is 2. The Hall–Kier alpha value is -1.40. The zero-order chi connectivity index (χ0) is 14.4. The van der Waals surface area contributed by atoms with Gasteiger partial charge in [0.2, 0.25) is 5.91 Å². The number of likely N-dealkylation sites (tertiary alicyclic amines) is 1. The number of aromatic amines is 1. The highest BCUT2D eigenvalue weighted by Gasteiger charge is 2.25. The van der Waals surface area contributed by atoms with Crippen LogP contribution in [0, 0.1) is 5.92 Å². The normalized spacial score (nSPS) is 18.9. The van der Waals surface area contributed by atoms with Crippen molar-refractivity contribution in [1.82, 2.24) is 20.4 Å². The first-order valence-corrected chi connectivity index (χ1v) is 7.19. The lowest BCUT2D eigenvalue weighted by Crippen LogP contribution is -2.44. The van der Waals surface area contributed by atoms with Gasteiger partial charge in [-0.2, -0.15) is 5.10 Å². The Morgan fingerprint density at radius 2 is 2.35 bits per heavy atom. The van der Waals surface area contributed by atoms with Gasteiger partial charge in [0.25, 0.3) is 0 Å². The van der Waals surface area contributed by atoms with Crippen LogP contribution in [0.15, 0.2) is 12.3 Å². The summed E-state index contributed by atoms with van der Waals surface area (Å²) in [5, 5.41) is 9.94. The summed E-state index contributed by atoms with van der Waals surface area (Å²) in [6, 6.07) is 2.07. The Morgan fingerprint density at radius 3 is 2.95 bits per heavy atom. The molecule has 1 aliphatic rings. The van der Waals surface area contributed by atoms with Crippen molar-refractivity contribution < 1.29 is 9.53 Å². The molecule has 2 N–H and O–H groups in total. The zero-order valence-corrected chi connectivity index (χ0v) is 12.3. The maximum atomic E-state index is 12.1. The molecule has 0 aromatic carbocycles. The Labute approximate surface area is 119 Å². The summed E-state index contributed by atoms with van der Waals surface area (Å²) in [5.41, 5.74) is 1.13. The Kier molecular flexibility index (Phi) is 5.55. The van der Waals surface area contributed by atoms with Crippen molar-refractivity contribution in [1.29, 1.82) is 0 Å². The van der Waals surface area contributed by atoms with Crippen molar-refractivity contribution in [3.05, 3.63) is 18.0 Å². The third kappa shape index (κ3) is 4.31.